The second-order valence-corrected chi connectivity index (χ2v) is 3.40. The minimum Gasteiger partial charge on any atom is -0.289 e. The van der Waals surface area contributed by atoms with Crippen molar-refractivity contribution in [3.63, 3.8) is 0 Å². The Bertz CT molecular complexity index is 468. The van der Waals surface area contributed by atoms with Crippen molar-refractivity contribution in [2.45, 2.75) is 0 Å². The maximum absolute atomic E-state index is 11.8. The molecule has 0 aliphatic heterocycles. The number of carbonyl (C=O) groups is 1. The van der Waals surface area contributed by atoms with Gasteiger partial charge in [0, 0.05) is 16.1 Å². The summed E-state index contributed by atoms with van der Waals surface area (Å²) >= 11 is 5.73. The van der Waals surface area contributed by atoms with Crippen molar-refractivity contribution in [1.82, 2.24) is 10.2 Å². The highest BCUT2D eigenvalue weighted by molar-refractivity contribution is 6.30. The molecule has 3 nitrogen and oxygen atoms in total. The molecular formula is C11H7ClN2O. The van der Waals surface area contributed by atoms with Gasteiger partial charge in [0.2, 0.25) is 0 Å². The Morgan fingerprint density at radius 1 is 1.00 bits per heavy atom. The zero-order valence-electron chi connectivity index (χ0n) is 7.72. The number of nitrogens with zero attached hydrogens (tertiary/aromatic N) is 2. The Kier molecular flexibility index (Phi) is 2.74. The summed E-state index contributed by atoms with van der Waals surface area (Å²) in [4.78, 5) is 11.8. The lowest BCUT2D eigenvalue weighted by molar-refractivity contribution is 0.103. The molecule has 0 spiro atoms. The Morgan fingerprint density at radius 3 is 2.33 bits per heavy atom. The molecule has 0 atom stereocenters. The van der Waals surface area contributed by atoms with Gasteiger partial charge < -0.3 is 0 Å². The van der Waals surface area contributed by atoms with E-state index in [0.717, 1.165) is 0 Å². The fourth-order valence-corrected chi connectivity index (χ4v) is 1.32. The third-order valence-electron chi connectivity index (χ3n) is 1.95. The minimum absolute atomic E-state index is 0.0819. The van der Waals surface area contributed by atoms with Gasteiger partial charge in [0.1, 0.15) is 0 Å². The van der Waals surface area contributed by atoms with E-state index in [9.17, 15) is 4.79 Å². The Balaban J connectivity index is 2.33. The Hall–Kier alpha value is -1.74. The smallest absolute Gasteiger partial charge is 0.194 e. The van der Waals surface area contributed by atoms with Crippen LogP contribution in [0.5, 0.6) is 0 Å². The van der Waals surface area contributed by atoms with Crippen LogP contribution in [-0.4, -0.2) is 16.0 Å². The van der Waals surface area contributed by atoms with Gasteiger partial charge in [0.25, 0.3) is 0 Å². The van der Waals surface area contributed by atoms with E-state index in [-0.39, 0.29) is 5.78 Å². The monoisotopic (exact) mass is 218 g/mol. The second-order valence-electron chi connectivity index (χ2n) is 2.97. The van der Waals surface area contributed by atoms with Crippen molar-refractivity contribution in [2.75, 3.05) is 0 Å². The molecule has 0 fully saturated rings. The van der Waals surface area contributed by atoms with E-state index in [0.29, 0.717) is 16.1 Å². The molecule has 0 radical (unpaired) electrons. The molecule has 0 saturated carbocycles. The van der Waals surface area contributed by atoms with E-state index in [1.54, 1.807) is 30.3 Å². The highest BCUT2D eigenvalue weighted by Gasteiger charge is 2.08. The average molecular weight is 219 g/mol. The number of carbonyl (C=O) groups excluding carboxylic acids is 1. The van der Waals surface area contributed by atoms with Crippen molar-refractivity contribution in [3.8, 4) is 0 Å². The summed E-state index contributed by atoms with van der Waals surface area (Å²) < 4.78 is 0. The van der Waals surface area contributed by atoms with Gasteiger partial charge in [-0.3, -0.25) is 4.79 Å². The topological polar surface area (TPSA) is 42.9 Å². The molecule has 1 heterocycles. The van der Waals surface area contributed by atoms with Crippen LogP contribution < -0.4 is 0 Å². The molecule has 1 aromatic carbocycles. The summed E-state index contributed by atoms with van der Waals surface area (Å²) in [6, 6.07) is 8.37. The first-order valence-corrected chi connectivity index (χ1v) is 4.72. The lowest BCUT2D eigenvalue weighted by Crippen LogP contribution is -2.01. The molecule has 4 heteroatoms. The second kappa shape index (κ2) is 4.19. The SMILES string of the molecule is O=C(c1ccc(Cl)cc1)c1ccnnc1. The van der Waals surface area contributed by atoms with E-state index in [1.807, 2.05) is 0 Å². The first-order chi connectivity index (χ1) is 7.27. The van der Waals surface area contributed by atoms with Crippen molar-refractivity contribution in [1.29, 1.82) is 0 Å². The summed E-state index contributed by atoms with van der Waals surface area (Å²) in [5.41, 5.74) is 1.11. The van der Waals surface area contributed by atoms with Gasteiger partial charge in [0.05, 0.1) is 12.4 Å². The predicted octanol–water partition coefficient (Wildman–Crippen LogP) is 2.36. The van der Waals surface area contributed by atoms with Crippen LogP contribution in [-0.2, 0) is 0 Å². The zero-order valence-corrected chi connectivity index (χ0v) is 8.48. The van der Waals surface area contributed by atoms with Crippen LogP contribution >= 0.6 is 11.6 Å². The number of halogens is 1. The normalized spacial score (nSPS) is 9.93. The largest absolute Gasteiger partial charge is 0.289 e. The molecule has 0 unspecified atom stereocenters. The zero-order chi connectivity index (χ0) is 10.7. The van der Waals surface area contributed by atoms with Gasteiger partial charge in [-0.2, -0.15) is 10.2 Å². The summed E-state index contributed by atoms with van der Waals surface area (Å²) in [6.45, 7) is 0. The summed E-state index contributed by atoms with van der Waals surface area (Å²) in [5.74, 6) is -0.0819. The number of hydrogen-bond donors (Lipinski definition) is 0. The number of aromatic nitrogens is 2. The molecule has 0 saturated heterocycles. The minimum atomic E-state index is -0.0819. The predicted molar refractivity (Wildman–Crippen MR) is 56.9 cm³/mol. The molecule has 2 rings (SSSR count). The molecule has 15 heavy (non-hydrogen) atoms. The van der Waals surface area contributed by atoms with Crippen LogP contribution in [0.15, 0.2) is 42.7 Å². The third-order valence-corrected chi connectivity index (χ3v) is 2.20. The standard InChI is InChI=1S/C11H7ClN2O/c12-10-3-1-8(2-4-10)11(15)9-5-6-13-14-7-9/h1-7H. The van der Waals surface area contributed by atoms with E-state index in [1.165, 1.54) is 12.4 Å². The lowest BCUT2D eigenvalue weighted by Gasteiger charge is -1.99. The number of benzene rings is 1. The van der Waals surface area contributed by atoms with Crippen LogP contribution in [0.3, 0.4) is 0 Å². The summed E-state index contributed by atoms with van der Waals surface area (Å²) in [5, 5.41) is 7.87. The number of rotatable bonds is 2. The number of ketones is 1. The molecule has 0 bridgehead atoms. The van der Waals surface area contributed by atoms with Crippen LogP contribution in [0.2, 0.25) is 5.02 Å². The molecule has 0 N–H and O–H groups in total. The van der Waals surface area contributed by atoms with Gasteiger partial charge in [0.15, 0.2) is 5.78 Å². The van der Waals surface area contributed by atoms with E-state index in [4.69, 9.17) is 11.6 Å². The Morgan fingerprint density at radius 2 is 1.73 bits per heavy atom. The van der Waals surface area contributed by atoms with Crippen molar-refractivity contribution >= 4 is 17.4 Å². The van der Waals surface area contributed by atoms with Gasteiger partial charge in [-0.05, 0) is 30.3 Å². The maximum atomic E-state index is 11.8. The van der Waals surface area contributed by atoms with Crippen LogP contribution in [0.1, 0.15) is 15.9 Å². The quantitative estimate of drug-likeness (QED) is 0.727. The highest BCUT2D eigenvalue weighted by Crippen LogP contribution is 2.12. The summed E-state index contributed by atoms with van der Waals surface area (Å²) in [7, 11) is 0. The van der Waals surface area contributed by atoms with Crippen LogP contribution in [0.25, 0.3) is 0 Å². The van der Waals surface area contributed by atoms with Gasteiger partial charge in [-0.25, -0.2) is 0 Å². The lowest BCUT2D eigenvalue weighted by atomic mass is 10.1. The molecule has 2 aromatic rings. The van der Waals surface area contributed by atoms with Gasteiger partial charge >= 0.3 is 0 Å². The van der Waals surface area contributed by atoms with Crippen molar-refractivity contribution in [3.05, 3.63) is 58.9 Å². The molecule has 0 aliphatic carbocycles. The Labute approximate surface area is 91.7 Å². The van der Waals surface area contributed by atoms with Crippen molar-refractivity contribution < 1.29 is 4.79 Å². The van der Waals surface area contributed by atoms with E-state index >= 15 is 0 Å². The number of hydrogen-bond acceptors (Lipinski definition) is 3. The first kappa shape index (κ1) is 9.80. The van der Waals surface area contributed by atoms with Gasteiger partial charge in [-0.15, -0.1) is 0 Å². The van der Waals surface area contributed by atoms with Crippen LogP contribution in [0, 0.1) is 0 Å². The molecular weight excluding hydrogens is 212 g/mol. The van der Waals surface area contributed by atoms with E-state index in [2.05, 4.69) is 10.2 Å². The molecule has 74 valence electrons. The summed E-state index contributed by atoms with van der Waals surface area (Å²) in [6.07, 6.45) is 2.93. The van der Waals surface area contributed by atoms with E-state index < -0.39 is 0 Å². The molecule has 1 aromatic heterocycles. The van der Waals surface area contributed by atoms with Crippen LogP contribution in [0.4, 0.5) is 0 Å². The maximum Gasteiger partial charge on any atom is 0.194 e. The molecule has 0 aliphatic rings. The van der Waals surface area contributed by atoms with Crippen molar-refractivity contribution in [2.24, 2.45) is 0 Å². The molecule has 0 amide bonds. The fraction of sp³-hybridized carbons (Fsp3) is 0. The third kappa shape index (κ3) is 2.19. The first-order valence-electron chi connectivity index (χ1n) is 4.34. The van der Waals surface area contributed by atoms with Gasteiger partial charge in [-0.1, -0.05) is 11.6 Å². The highest BCUT2D eigenvalue weighted by atomic mass is 35.5. The fourth-order valence-electron chi connectivity index (χ4n) is 1.19. The average Bonchev–Trinajstić information content (AvgIpc) is 2.30.